The van der Waals surface area contributed by atoms with Gasteiger partial charge < -0.3 is 9.73 Å². The molecular formula is C16H9BrN2O5. The van der Waals surface area contributed by atoms with Crippen molar-refractivity contribution in [3.05, 3.63) is 79.1 Å². The number of nitrogens with one attached hydrogen (secondary N) is 1. The molecule has 120 valence electrons. The molecule has 7 nitrogen and oxygen atoms in total. The van der Waals surface area contributed by atoms with Gasteiger partial charge in [0.05, 0.1) is 9.40 Å². The van der Waals surface area contributed by atoms with Crippen molar-refractivity contribution in [3.63, 3.8) is 0 Å². The summed E-state index contributed by atoms with van der Waals surface area (Å²) in [4.78, 5) is 34.5. The summed E-state index contributed by atoms with van der Waals surface area (Å²) in [6.07, 6.45) is 0. The number of non-ortho nitro benzene ring substituents is 1. The number of nitrogens with zero attached hydrogens (tertiary/aromatic N) is 1. The number of carbonyl (C=O) groups is 1. The lowest BCUT2D eigenvalue weighted by molar-refractivity contribution is -0.384. The lowest BCUT2D eigenvalue weighted by Gasteiger charge is -2.06. The number of benzene rings is 2. The average Bonchev–Trinajstić information content (AvgIpc) is 2.56. The first-order chi connectivity index (χ1) is 11.5. The van der Waals surface area contributed by atoms with E-state index in [1.54, 1.807) is 30.3 Å². The molecule has 0 saturated heterocycles. The molecule has 8 heteroatoms. The third-order valence-electron chi connectivity index (χ3n) is 3.27. The number of anilines is 1. The summed E-state index contributed by atoms with van der Waals surface area (Å²) in [5.74, 6) is -0.480. The van der Waals surface area contributed by atoms with Gasteiger partial charge in [-0.2, -0.15) is 0 Å². The van der Waals surface area contributed by atoms with Gasteiger partial charge in [0.2, 0.25) is 0 Å². The average molecular weight is 389 g/mol. The summed E-state index contributed by atoms with van der Waals surface area (Å²) in [5.41, 5.74) is -0.464. The molecule has 0 bridgehead atoms. The molecule has 3 aromatic rings. The van der Waals surface area contributed by atoms with Crippen molar-refractivity contribution >= 4 is 44.2 Å². The molecule has 0 saturated carbocycles. The van der Waals surface area contributed by atoms with Gasteiger partial charge in [-0.05, 0) is 34.1 Å². The van der Waals surface area contributed by atoms with Crippen molar-refractivity contribution in [2.45, 2.75) is 0 Å². The van der Waals surface area contributed by atoms with Crippen molar-refractivity contribution in [1.29, 1.82) is 0 Å². The number of amides is 1. The Kier molecular flexibility index (Phi) is 4.13. The maximum atomic E-state index is 12.1. The van der Waals surface area contributed by atoms with Crippen molar-refractivity contribution in [3.8, 4) is 0 Å². The fraction of sp³-hybridized carbons (Fsp3) is 0. The largest absolute Gasteiger partial charge is 0.420 e. The van der Waals surface area contributed by atoms with Crippen LogP contribution in [0, 0.1) is 10.1 Å². The molecule has 1 heterocycles. The number of nitro benzene ring substituents is 1. The molecule has 0 spiro atoms. The van der Waals surface area contributed by atoms with Crippen LogP contribution in [0.2, 0.25) is 0 Å². The molecule has 0 aliphatic carbocycles. The summed E-state index contributed by atoms with van der Waals surface area (Å²) >= 11 is 3.14. The molecule has 0 unspecified atom stereocenters. The van der Waals surface area contributed by atoms with E-state index in [0.29, 0.717) is 10.9 Å². The highest BCUT2D eigenvalue weighted by Gasteiger charge is 2.16. The second-order valence-electron chi connectivity index (χ2n) is 4.87. The first kappa shape index (κ1) is 15.9. The predicted molar refractivity (Wildman–Crippen MR) is 91.2 cm³/mol. The molecule has 24 heavy (non-hydrogen) atoms. The fourth-order valence-corrected chi connectivity index (χ4v) is 2.70. The first-order valence-electron chi connectivity index (χ1n) is 6.74. The topological polar surface area (TPSA) is 102 Å². The molecule has 0 atom stereocenters. The Hall–Kier alpha value is -3.00. The van der Waals surface area contributed by atoms with Crippen LogP contribution in [0.4, 0.5) is 11.4 Å². The Morgan fingerprint density at radius 1 is 1.17 bits per heavy atom. The van der Waals surface area contributed by atoms with E-state index in [1.165, 1.54) is 18.2 Å². The third-order valence-corrected chi connectivity index (χ3v) is 3.86. The Labute approximate surface area is 143 Å². The zero-order valence-electron chi connectivity index (χ0n) is 12.0. The maximum absolute atomic E-state index is 12.1. The normalized spacial score (nSPS) is 10.5. The number of hydrogen-bond acceptors (Lipinski definition) is 5. The Morgan fingerprint density at radius 2 is 1.88 bits per heavy atom. The van der Waals surface area contributed by atoms with Gasteiger partial charge in [-0.25, -0.2) is 4.79 Å². The summed E-state index contributed by atoms with van der Waals surface area (Å²) in [7, 11) is 0. The third kappa shape index (κ3) is 3.04. The molecule has 1 aromatic heterocycles. The smallest absolute Gasteiger partial charge is 0.360 e. The van der Waals surface area contributed by atoms with Crippen LogP contribution in [-0.2, 0) is 0 Å². The Bertz CT molecular complexity index is 1010. The summed E-state index contributed by atoms with van der Waals surface area (Å²) in [5, 5.41) is 13.7. The zero-order valence-corrected chi connectivity index (χ0v) is 13.6. The predicted octanol–water partition coefficient (Wildman–Crippen LogP) is 3.72. The summed E-state index contributed by atoms with van der Waals surface area (Å²) < 4.78 is 5.44. The van der Waals surface area contributed by atoms with E-state index in [9.17, 15) is 19.7 Å². The van der Waals surface area contributed by atoms with Crippen molar-refractivity contribution < 1.29 is 14.1 Å². The molecule has 0 aliphatic rings. The van der Waals surface area contributed by atoms with Crippen LogP contribution in [0.5, 0.6) is 0 Å². The van der Waals surface area contributed by atoms with Crippen LogP contribution in [-0.4, -0.2) is 10.8 Å². The van der Waals surface area contributed by atoms with E-state index >= 15 is 0 Å². The van der Waals surface area contributed by atoms with Gasteiger partial charge in [0.25, 0.3) is 11.6 Å². The lowest BCUT2D eigenvalue weighted by Crippen LogP contribution is -2.17. The highest BCUT2D eigenvalue weighted by molar-refractivity contribution is 9.10. The van der Waals surface area contributed by atoms with Crippen LogP contribution in [0.15, 0.2) is 62.2 Å². The molecule has 1 N–H and O–H groups in total. The second kappa shape index (κ2) is 6.25. The number of hydrogen-bond donors (Lipinski definition) is 1. The molecule has 3 rings (SSSR count). The van der Waals surface area contributed by atoms with Crippen molar-refractivity contribution in [2.24, 2.45) is 0 Å². The van der Waals surface area contributed by atoms with Crippen LogP contribution in [0.3, 0.4) is 0 Å². The second-order valence-corrected chi connectivity index (χ2v) is 5.73. The standard InChI is InChI=1S/C16H9BrN2O5/c17-12-8-11(19(22)23)6-10-7-13(16(21)24-14(10)12)18-15(20)9-4-2-1-3-5-9/h1-8H,(H,18,20). The number of nitro groups is 1. The van der Waals surface area contributed by atoms with E-state index in [1.807, 2.05) is 0 Å². The van der Waals surface area contributed by atoms with Crippen LogP contribution in [0.1, 0.15) is 10.4 Å². The molecule has 1 amide bonds. The quantitative estimate of drug-likeness (QED) is 0.418. The number of halogens is 1. The molecule has 0 fully saturated rings. The van der Waals surface area contributed by atoms with Crippen molar-refractivity contribution in [2.75, 3.05) is 5.32 Å². The van der Waals surface area contributed by atoms with Gasteiger partial charge in [0.1, 0.15) is 5.69 Å². The Morgan fingerprint density at radius 3 is 2.54 bits per heavy atom. The van der Waals surface area contributed by atoms with Crippen molar-refractivity contribution in [1.82, 2.24) is 0 Å². The molecular weight excluding hydrogens is 380 g/mol. The van der Waals surface area contributed by atoms with E-state index in [0.717, 1.165) is 0 Å². The molecule has 0 aliphatic heterocycles. The van der Waals surface area contributed by atoms with Gasteiger partial charge in [-0.3, -0.25) is 14.9 Å². The van der Waals surface area contributed by atoms with E-state index < -0.39 is 16.5 Å². The van der Waals surface area contributed by atoms with Gasteiger partial charge in [0.15, 0.2) is 5.58 Å². The first-order valence-corrected chi connectivity index (χ1v) is 7.53. The molecule has 0 radical (unpaired) electrons. The van der Waals surface area contributed by atoms with Crippen LogP contribution >= 0.6 is 15.9 Å². The van der Waals surface area contributed by atoms with Gasteiger partial charge >= 0.3 is 5.63 Å². The van der Waals surface area contributed by atoms with Crippen LogP contribution < -0.4 is 10.9 Å². The monoisotopic (exact) mass is 388 g/mol. The highest BCUT2D eigenvalue weighted by atomic mass is 79.9. The number of carbonyl (C=O) groups excluding carboxylic acids is 1. The fourth-order valence-electron chi connectivity index (χ4n) is 2.15. The highest BCUT2D eigenvalue weighted by Crippen LogP contribution is 2.29. The summed E-state index contributed by atoms with van der Waals surface area (Å²) in [6, 6.07) is 12.2. The van der Waals surface area contributed by atoms with Gasteiger partial charge in [0, 0.05) is 23.1 Å². The van der Waals surface area contributed by atoms with Gasteiger partial charge in [-0.1, -0.05) is 18.2 Å². The maximum Gasteiger partial charge on any atom is 0.360 e. The van der Waals surface area contributed by atoms with E-state index in [-0.39, 0.29) is 21.4 Å². The van der Waals surface area contributed by atoms with Crippen LogP contribution in [0.25, 0.3) is 11.0 Å². The Balaban J connectivity index is 2.05. The number of rotatable bonds is 3. The SMILES string of the molecule is O=C(Nc1cc2cc([N+](=O)[O-])cc(Br)c2oc1=O)c1ccccc1. The zero-order chi connectivity index (χ0) is 17.3. The lowest BCUT2D eigenvalue weighted by atomic mass is 10.2. The minimum atomic E-state index is -0.749. The van der Waals surface area contributed by atoms with Gasteiger partial charge in [-0.15, -0.1) is 0 Å². The van der Waals surface area contributed by atoms with E-state index in [4.69, 9.17) is 4.42 Å². The minimum absolute atomic E-state index is 0.0937. The summed E-state index contributed by atoms with van der Waals surface area (Å²) in [6.45, 7) is 0. The molecule has 2 aromatic carbocycles. The minimum Gasteiger partial charge on any atom is -0.420 e. The number of fused-ring (bicyclic) bond motifs is 1. The van der Waals surface area contributed by atoms with E-state index in [2.05, 4.69) is 21.2 Å².